The van der Waals surface area contributed by atoms with Crippen molar-refractivity contribution in [3.8, 4) is 11.5 Å². The molecule has 2 aromatic heterocycles. The number of phenolic OH excluding ortho intramolecular Hbond substituents is 1. The quantitative estimate of drug-likeness (QED) is 0.797. The van der Waals surface area contributed by atoms with E-state index in [2.05, 4.69) is 4.98 Å². The second-order valence-electron chi connectivity index (χ2n) is 4.04. The first-order valence-corrected chi connectivity index (χ1v) is 6.16. The van der Waals surface area contributed by atoms with E-state index in [0.717, 1.165) is 11.2 Å². The van der Waals surface area contributed by atoms with Crippen LogP contribution in [0.1, 0.15) is 5.69 Å². The molecule has 1 aromatic carbocycles. The van der Waals surface area contributed by atoms with E-state index in [1.165, 1.54) is 0 Å². The van der Waals surface area contributed by atoms with E-state index in [0.29, 0.717) is 11.0 Å². The van der Waals surface area contributed by atoms with Gasteiger partial charge in [-0.15, -0.1) is 0 Å². The van der Waals surface area contributed by atoms with Crippen molar-refractivity contribution in [3.05, 3.63) is 59.6 Å². The predicted molar refractivity (Wildman–Crippen MR) is 72.6 cm³/mol. The molecule has 0 aliphatic rings. The van der Waals surface area contributed by atoms with E-state index >= 15 is 0 Å². The Bertz CT molecular complexity index is 724. The maximum Gasteiger partial charge on any atom is 0.207 e. The van der Waals surface area contributed by atoms with Crippen LogP contribution < -0.4 is 4.74 Å². The van der Waals surface area contributed by atoms with E-state index in [-0.39, 0.29) is 12.4 Å². The third-order valence-electron chi connectivity index (χ3n) is 2.81. The number of halogens is 1. The molecule has 0 saturated carbocycles. The van der Waals surface area contributed by atoms with Crippen molar-refractivity contribution in [2.45, 2.75) is 6.61 Å². The van der Waals surface area contributed by atoms with Crippen molar-refractivity contribution in [3.63, 3.8) is 0 Å². The summed E-state index contributed by atoms with van der Waals surface area (Å²) in [4.78, 5) is 4.26. The number of imidazole rings is 1. The number of hydrogen-bond acceptors (Lipinski definition) is 3. The van der Waals surface area contributed by atoms with Gasteiger partial charge in [0, 0.05) is 6.20 Å². The molecule has 4 nitrogen and oxygen atoms in total. The first-order valence-electron chi connectivity index (χ1n) is 5.78. The fourth-order valence-electron chi connectivity index (χ4n) is 1.89. The highest BCUT2D eigenvalue weighted by Crippen LogP contribution is 2.26. The number of fused-ring (bicyclic) bond motifs is 1. The zero-order chi connectivity index (χ0) is 13.2. The van der Waals surface area contributed by atoms with Gasteiger partial charge in [-0.2, -0.15) is 0 Å². The molecule has 0 fully saturated rings. The van der Waals surface area contributed by atoms with Crippen LogP contribution in [0.5, 0.6) is 11.5 Å². The molecule has 3 rings (SSSR count). The number of aromatic nitrogens is 2. The molecule has 0 bridgehead atoms. The number of rotatable bonds is 3. The zero-order valence-corrected chi connectivity index (χ0v) is 10.7. The minimum absolute atomic E-state index is 0.108. The summed E-state index contributed by atoms with van der Waals surface area (Å²) in [6, 6.07) is 12.5. The van der Waals surface area contributed by atoms with Crippen molar-refractivity contribution < 1.29 is 9.84 Å². The summed E-state index contributed by atoms with van der Waals surface area (Å²) in [6.07, 6.45) is 1.84. The van der Waals surface area contributed by atoms with Crippen molar-refractivity contribution in [2.24, 2.45) is 0 Å². The number of aromatic hydroxyl groups is 1. The molecule has 96 valence electrons. The van der Waals surface area contributed by atoms with Gasteiger partial charge in [0.05, 0.1) is 5.52 Å². The Morgan fingerprint density at radius 2 is 1.95 bits per heavy atom. The van der Waals surface area contributed by atoms with Gasteiger partial charge in [0.1, 0.15) is 12.3 Å². The number of ether oxygens (including phenoxy) is 1. The first-order chi connectivity index (χ1) is 9.25. The summed E-state index contributed by atoms with van der Waals surface area (Å²) >= 11 is 6.04. The predicted octanol–water partition coefficient (Wildman–Crippen LogP) is 3.27. The fraction of sp³-hybridized carbons (Fsp3) is 0.0714. The molecular formula is C14H11ClN2O2. The van der Waals surface area contributed by atoms with Crippen LogP contribution in [-0.2, 0) is 6.61 Å². The lowest BCUT2D eigenvalue weighted by Crippen LogP contribution is -1.96. The van der Waals surface area contributed by atoms with Crippen LogP contribution in [0.15, 0.2) is 48.7 Å². The average Bonchev–Trinajstić information content (AvgIpc) is 2.75. The van der Waals surface area contributed by atoms with E-state index in [9.17, 15) is 5.11 Å². The van der Waals surface area contributed by atoms with E-state index in [1.807, 2.05) is 24.4 Å². The summed E-state index contributed by atoms with van der Waals surface area (Å²) in [5.74, 6) is 0.535. The van der Waals surface area contributed by atoms with Crippen LogP contribution in [0.3, 0.4) is 0 Å². The molecule has 0 saturated heterocycles. The molecule has 0 unspecified atom stereocenters. The summed E-state index contributed by atoms with van der Waals surface area (Å²) in [6.45, 7) is 0.248. The molecule has 0 aliphatic carbocycles. The standard InChI is InChI=1S/C14H11ClN2O2/c15-14-16-10(11-5-3-4-8-17(11)14)9-19-13-7-2-1-6-12(13)18/h1-8,18H,9H2. The molecule has 2 heterocycles. The average molecular weight is 275 g/mol. The first kappa shape index (κ1) is 11.9. The molecule has 0 atom stereocenters. The second-order valence-corrected chi connectivity index (χ2v) is 4.38. The van der Waals surface area contributed by atoms with Gasteiger partial charge in [-0.1, -0.05) is 18.2 Å². The molecule has 0 spiro atoms. The summed E-state index contributed by atoms with van der Waals surface area (Å²) in [5, 5.41) is 10.0. The molecule has 5 heteroatoms. The lowest BCUT2D eigenvalue weighted by molar-refractivity contribution is 0.286. The van der Waals surface area contributed by atoms with Crippen molar-refractivity contribution in [2.75, 3.05) is 0 Å². The minimum atomic E-state index is 0.108. The monoisotopic (exact) mass is 274 g/mol. The fourth-order valence-corrected chi connectivity index (χ4v) is 2.14. The molecule has 1 N–H and O–H groups in total. The normalized spacial score (nSPS) is 10.8. The van der Waals surface area contributed by atoms with E-state index in [4.69, 9.17) is 16.3 Å². The van der Waals surface area contributed by atoms with Gasteiger partial charge in [-0.25, -0.2) is 4.98 Å². The minimum Gasteiger partial charge on any atom is -0.504 e. The Morgan fingerprint density at radius 3 is 2.79 bits per heavy atom. The molecule has 0 radical (unpaired) electrons. The zero-order valence-electron chi connectivity index (χ0n) is 9.95. The molecular weight excluding hydrogens is 264 g/mol. The number of phenols is 1. The Hall–Kier alpha value is -2.20. The highest BCUT2D eigenvalue weighted by molar-refractivity contribution is 6.28. The van der Waals surface area contributed by atoms with Crippen LogP contribution in [-0.4, -0.2) is 14.5 Å². The van der Waals surface area contributed by atoms with Crippen LogP contribution >= 0.6 is 11.6 Å². The molecule has 0 aliphatic heterocycles. The lowest BCUT2D eigenvalue weighted by atomic mass is 10.3. The SMILES string of the molecule is Oc1ccccc1OCc1nc(Cl)n2ccccc12. The van der Waals surface area contributed by atoms with Gasteiger partial charge in [0.2, 0.25) is 5.28 Å². The van der Waals surface area contributed by atoms with Gasteiger partial charge in [-0.05, 0) is 35.9 Å². The van der Waals surface area contributed by atoms with Crippen LogP contribution in [0, 0.1) is 0 Å². The smallest absolute Gasteiger partial charge is 0.207 e. The summed E-state index contributed by atoms with van der Waals surface area (Å²) in [7, 11) is 0. The van der Waals surface area contributed by atoms with Crippen LogP contribution in [0.25, 0.3) is 5.52 Å². The van der Waals surface area contributed by atoms with Gasteiger partial charge in [-0.3, -0.25) is 4.40 Å². The topological polar surface area (TPSA) is 46.8 Å². The number of pyridine rings is 1. The van der Waals surface area contributed by atoms with Gasteiger partial charge >= 0.3 is 0 Å². The maximum atomic E-state index is 9.63. The molecule has 3 aromatic rings. The maximum absolute atomic E-state index is 9.63. The third-order valence-corrected chi connectivity index (χ3v) is 3.08. The van der Waals surface area contributed by atoms with Crippen LogP contribution in [0.2, 0.25) is 5.28 Å². The van der Waals surface area contributed by atoms with Crippen LogP contribution in [0.4, 0.5) is 0 Å². The van der Waals surface area contributed by atoms with Gasteiger partial charge < -0.3 is 9.84 Å². The summed E-state index contributed by atoms with van der Waals surface area (Å²) in [5.41, 5.74) is 1.62. The van der Waals surface area contributed by atoms with Gasteiger partial charge in [0.25, 0.3) is 0 Å². The number of para-hydroxylation sites is 2. The van der Waals surface area contributed by atoms with E-state index in [1.54, 1.807) is 28.7 Å². The number of hydrogen-bond donors (Lipinski definition) is 1. The second kappa shape index (κ2) is 4.82. The number of benzene rings is 1. The third kappa shape index (κ3) is 2.22. The lowest BCUT2D eigenvalue weighted by Gasteiger charge is -2.06. The molecule has 19 heavy (non-hydrogen) atoms. The van der Waals surface area contributed by atoms with Crippen molar-refractivity contribution in [1.29, 1.82) is 0 Å². The highest BCUT2D eigenvalue weighted by Gasteiger charge is 2.10. The number of nitrogens with zero attached hydrogens (tertiary/aromatic N) is 2. The largest absolute Gasteiger partial charge is 0.504 e. The molecule has 0 amide bonds. The van der Waals surface area contributed by atoms with E-state index < -0.39 is 0 Å². The highest BCUT2D eigenvalue weighted by atomic mass is 35.5. The van der Waals surface area contributed by atoms with Crippen molar-refractivity contribution >= 4 is 17.1 Å². The Kier molecular flexibility index (Phi) is 3.01. The van der Waals surface area contributed by atoms with Gasteiger partial charge in [0.15, 0.2) is 11.5 Å². The van der Waals surface area contributed by atoms with Crippen molar-refractivity contribution in [1.82, 2.24) is 9.38 Å². The Labute approximate surface area is 114 Å². The Morgan fingerprint density at radius 1 is 1.16 bits per heavy atom. The Balaban J connectivity index is 1.88. The summed E-state index contributed by atoms with van der Waals surface area (Å²) < 4.78 is 7.34.